The first-order valence-electron chi connectivity index (χ1n) is 5.72. The van der Waals surface area contributed by atoms with Crippen LogP contribution in [0.4, 0.5) is 0 Å². The van der Waals surface area contributed by atoms with E-state index in [9.17, 15) is 5.11 Å². The Hall–Kier alpha value is -0.870. The van der Waals surface area contributed by atoms with Gasteiger partial charge in [-0.25, -0.2) is 0 Å². The highest BCUT2D eigenvalue weighted by Gasteiger charge is 2.22. The number of aromatic nitrogens is 2. The number of hydrogen-bond acceptors (Lipinski definition) is 3. The summed E-state index contributed by atoms with van der Waals surface area (Å²) in [4.78, 5) is 2.13. The molecule has 16 heavy (non-hydrogen) atoms. The second-order valence-corrected chi connectivity index (χ2v) is 5.25. The van der Waals surface area contributed by atoms with E-state index in [4.69, 9.17) is 0 Å². The largest absolute Gasteiger partial charge is 0.394 e. The van der Waals surface area contributed by atoms with Crippen molar-refractivity contribution in [2.24, 2.45) is 0 Å². The molecule has 0 aliphatic heterocycles. The van der Waals surface area contributed by atoms with E-state index in [0.29, 0.717) is 6.04 Å². The van der Waals surface area contributed by atoms with E-state index in [1.807, 2.05) is 31.8 Å². The summed E-state index contributed by atoms with van der Waals surface area (Å²) in [7, 11) is 2.02. The van der Waals surface area contributed by atoms with Gasteiger partial charge in [0, 0.05) is 29.9 Å². The molecular weight excluding hydrogens is 202 g/mol. The standard InChI is InChI=1S/C12H23N3O/c1-10(2)15-8-11(6-13-15)7-14(5)12(3,4)9-16/h6,8,10,16H,7,9H2,1-5H3. The molecule has 1 aromatic heterocycles. The van der Waals surface area contributed by atoms with Gasteiger partial charge in [0.05, 0.1) is 12.8 Å². The van der Waals surface area contributed by atoms with Crippen molar-refractivity contribution in [1.29, 1.82) is 0 Å². The first-order chi connectivity index (χ1) is 7.36. The van der Waals surface area contributed by atoms with Crippen LogP contribution in [-0.4, -0.2) is 39.0 Å². The lowest BCUT2D eigenvalue weighted by Gasteiger charge is -2.33. The quantitative estimate of drug-likeness (QED) is 0.828. The molecule has 4 nitrogen and oxygen atoms in total. The van der Waals surface area contributed by atoms with Crippen molar-refractivity contribution in [2.45, 2.75) is 45.8 Å². The highest BCUT2D eigenvalue weighted by Crippen LogP contribution is 2.15. The van der Waals surface area contributed by atoms with Crippen LogP contribution < -0.4 is 0 Å². The minimum absolute atomic E-state index is 0.155. The lowest BCUT2D eigenvalue weighted by molar-refractivity contribution is 0.0733. The first-order valence-corrected chi connectivity index (χ1v) is 5.72. The van der Waals surface area contributed by atoms with Gasteiger partial charge in [0.15, 0.2) is 0 Å². The first kappa shape index (κ1) is 13.2. The number of hydrogen-bond donors (Lipinski definition) is 1. The number of aliphatic hydroxyl groups excluding tert-OH is 1. The van der Waals surface area contributed by atoms with Gasteiger partial charge >= 0.3 is 0 Å². The summed E-state index contributed by atoms with van der Waals surface area (Å²) in [5.74, 6) is 0. The van der Waals surface area contributed by atoms with E-state index < -0.39 is 0 Å². The van der Waals surface area contributed by atoms with Crippen LogP contribution >= 0.6 is 0 Å². The molecule has 0 aromatic carbocycles. The Morgan fingerprint density at radius 2 is 2.12 bits per heavy atom. The number of rotatable bonds is 5. The summed E-state index contributed by atoms with van der Waals surface area (Å²) in [6.07, 6.45) is 3.96. The molecule has 0 unspecified atom stereocenters. The average Bonchev–Trinajstić information content (AvgIpc) is 2.66. The average molecular weight is 225 g/mol. The lowest BCUT2D eigenvalue weighted by atomic mass is 10.0. The smallest absolute Gasteiger partial charge is 0.0610 e. The second kappa shape index (κ2) is 4.97. The van der Waals surface area contributed by atoms with E-state index in [-0.39, 0.29) is 12.1 Å². The number of nitrogens with zero attached hydrogens (tertiary/aromatic N) is 3. The molecule has 0 radical (unpaired) electrons. The number of likely N-dealkylation sites (N-methyl/N-ethyl adjacent to an activating group) is 1. The van der Waals surface area contributed by atoms with Gasteiger partial charge in [0.25, 0.3) is 0 Å². The minimum Gasteiger partial charge on any atom is -0.394 e. The fourth-order valence-corrected chi connectivity index (χ4v) is 1.35. The van der Waals surface area contributed by atoms with E-state index in [1.54, 1.807) is 0 Å². The molecule has 0 spiro atoms. The fourth-order valence-electron chi connectivity index (χ4n) is 1.35. The number of aliphatic hydroxyl groups is 1. The van der Waals surface area contributed by atoms with Gasteiger partial charge in [-0.2, -0.15) is 5.10 Å². The third-order valence-electron chi connectivity index (χ3n) is 3.02. The zero-order valence-corrected chi connectivity index (χ0v) is 10.9. The van der Waals surface area contributed by atoms with Crippen molar-refractivity contribution >= 4 is 0 Å². The molecule has 0 aliphatic rings. The SMILES string of the molecule is CC(C)n1cc(CN(C)C(C)(C)CO)cn1. The van der Waals surface area contributed by atoms with Crippen LogP contribution in [0.3, 0.4) is 0 Å². The Kier molecular flexibility index (Phi) is 4.10. The monoisotopic (exact) mass is 225 g/mol. The summed E-state index contributed by atoms with van der Waals surface area (Å²) >= 11 is 0. The summed E-state index contributed by atoms with van der Waals surface area (Å²) in [5.41, 5.74) is 0.984. The van der Waals surface area contributed by atoms with Gasteiger partial charge in [-0.15, -0.1) is 0 Å². The molecule has 0 aliphatic carbocycles. The van der Waals surface area contributed by atoms with Crippen LogP contribution in [0.15, 0.2) is 12.4 Å². The van der Waals surface area contributed by atoms with Crippen molar-refractivity contribution in [3.8, 4) is 0 Å². The van der Waals surface area contributed by atoms with E-state index in [1.165, 1.54) is 5.56 Å². The van der Waals surface area contributed by atoms with Gasteiger partial charge < -0.3 is 5.11 Å². The van der Waals surface area contributed by atoms with Crippen LogP contribution in [-0.2, 0) is 6.54 Å². The highest BCUT2D eigenvalue weighted by atomic mass is 16.3. The molecule has 0 saturated carbocycles. The zero-order valence-electron chi connectivity index (χ0n) is 10.9. The third-order valence-corrected chi connectivity index (χ3v) is 3.02. The summed E-state index contributed by atoms with van der Waals surface area (Å²) < 4.78 is 1.95. The van der Waals surface area contributed by atoms with E-state index >= 15 is 0 Å². The molecule has 0 amide bonds. The van der Waals surface area contributed by atoms with Gasteiger partial charge in [-0.05, 0) is 34.7 Å². The molecule has 0 bridgehead atoms. The van der Waals surface area contributed by atoms with Gasteiger partial charge in [-0.1, -0.05) is 0 Å². The zero-order chi connectivity index (χ0) is 12.3. The minimum atomic E-state index is -0.195. The molecule has 0 atom stereocenters. The van der Waals surface area contributed by atoms with Crippen LogP contribution in [0.1, 0.15) is 39.3 Å². The van der Waals surface area contributed by atoms with Gasteiger partial charge in [-0.3, -0.25) is 9.58 Å². The predicted octanol–water partition coefficient (Wildman–Crippen LogP) is 1.67. The fraction of sp³-hybridized carbons (Fsp3) is 0.750. The van der Waals surface area contributed by atoms with Crippen molar-refractivity contribution in [2.75, 3.05) is 13.7 Å². The van der Waals surface area contributed by atoms with Crippen molar-refractivity contribution in [3.63, 3.8) is 0 Å². The van der Waals surface area contributed by atoms with Crippen LogP contribution in [0.5, 0.6) is 0 Å². The normalized spacial score (nSPS) is 12.8. The molecule has 1 aromatic rings. The molecule has 0 fully saturated rings. The van der Waals surface area contributed by atoms with Crippen molar-refractivity contribution in [1.82, 2.24) is 14.7 Å². The van der Waals surface area contributed by atoms with Crippen LogP contribution in [0.25, 0.3) is 0 Å². The Bertz CT molecular complexity index is 331. The Balaban J connectivity index is 2.66. The molecule has 1 rings (SSSR count). The molecule has 1 heterocycles. The van der Waals surface area contributed by atoms with Gasteiger partial charge in [0.1, 0.15) is 0 Å². The summed E-state index contributed by atoms with van der Waals surface area (Å²) in [6, 6.07) is 0.393. The third kappa shape index (κ3) is 3.06. The molecule has 0 saturated heterocycles. The second-order valence-electron chi connectivity index (χ2n) is 5.25. The molecule has 4 heteroatoms. The lowest BCUT2D eigenvalue weighted by Crippen LogP contribution is -2.43. The Labute approximate surface area is 97.9 Å². The highest BCUT2D eigenvalue weighted by molar-refractivity contribution is 5.05. The topological polar surface area (TPSA) is 41.3 Å². The molecule has 92 valence electrons. The summed E-state index contributed by atoms with van der Waals surface area (Å²) in [6.45, 7) is 9.23. The van der Waals surface area contributed by atoms with Crippen LogP contribution in [0.2, 0.25) is 0 Å². The predicted molar refractivity (Wildman–Crippen MR) is 65.2 cm³/mol. The van der Waals surface area contributed by atoms with Crippen molar-refractivity contribution < 1.29 is 5.11 Å². The maximum absolute atomic E-state index is 9.27. The maximum Gasteiger partial charge on any atom is 0.0610 e. The summed E-state index contributed by atoms with van der Waals surface area (Å²) in [5, 5.41) is 13.6. The van der Waals surface area contributed by atoms with Crippen molar-refractivity contribution in [3.05, 3.63) is 18.0 Å². The van der Waals surface area contributed by atoms with E-state index in [0.717, 1.165) is 6.54 Å². The Morgan fingerprint density at radius 3 is 2.56 bits per heavy atom. The van der Waals surface area contributed by atoms with Crippen LogP contribution in [0, 0.1) is 0 Å². The Morgan fingerprint density at radius 1 is 1.50 bits per heavy atom. The van der Waals surface area contributed by atoms with E-state index in [2.05, 4.69) is 30.0 Å². The maximum atomic E-state index is 9.27. The molecular formula is C12H23N3O. The molecule has 1 N–H and O–H groups in total. The van der Waals surface area contributed by atoms with Gasteiger partial charge in [0.2, 0.25) is 0 Å².